The molecule has 0 aliphatic heterocycles. The molecule has 0 spiro atoms. The van der Waals surface area contributed by atoms with E-state index in [1.165, 1.54) is 4.88 Å². The highest BCUT2D eigenvalue weighted by atomic mass is 32.1. The molecule has 0 aliphatic carbocycles. The van der Waals surface area contributed by atoms with Gasteiger partial charge in [-0.2, -0.15) is 0 Å². The number of hydrogen-bond donors (Lipinski definition) is 2. The first-order chi connectivity index (χ1) is 6.20. The van der Waals surface area contributed by atoms with Gasteiger partial charge in [-0.05, 0) is 24.8 Å². The average molecular weight is 198 g/mol. The van der Waals surface area contributed by atoms with Crippen molar-refractivity contribution in [2.24, 2.45) is 5.73 Å². The second kappa shape index (κ2) is 4.74. The highest BCUT2D eigenvalue weighted by molar-refractivity contribution is 7.09. The van der Waals surface area contributed by atoms with Gasteiger partial charge in [-0.25, -0.2) is 0 Å². The number of nitrogens with two attached hydrogens (primary N) is 1. The van der Waals surface area contributed by atoms with Crippen LogP contribution in [-0.4, -0.2) is 12.1 Å². The Bertz CT molecular complexity index is 227. The molecule has 0 aromatic carbocycles. The smallest absolute Gasteiger partial charge is 0.0305 e. The Hall–Kier alpha value is -0.380. The minimum absolute atomic E-state index is 0.0873. The Morgan fingerprint density at radius 1 is 1.62 bits per heavy atom. The van der Waals surface area contributed by atoms with E-state index >= 15 is 0 Å². The normalized spacial score (nSPS) is 15.6. The largest absolute Gasteiger partial charge is 0.329 e. The minimum atomic E-state index is 0.0873. The van der Waals surface area contributed by atoms with Gasteiger partial charge in [0.05, 0.1) is 0 Å². The zero-order valence-corrected chi connectivity index (χ0v) is 9.16. The van der Waals surface area contributed by atoms with E-state index < -0.39 is 0 Å². The molecule has 3 heteroatoms. The SMILES string of the molecule is CCC(C)(CN)NCc1cccs1. The molecule has 0 aliphatic rings. The average Bonchev–Trinajstić information content (AvgIpc) is 2.67. The topological polar surface area (TPSA) is 38.0 Å². The van der Waals surface area contributed by atoms with Gasteiger partial charge in [0, 0.05) is 23.5 Å². The fourth-order valence-electron chi connectivity index (χ4n) is 1.06. The maximum atomic E-state index is 5.70. The lowest BCUT2D eigenvalue weighted by Gasteiger charge is -2.27. The van der Waals surface area contributed by atoms with Crippen LogP contribution in [0.25, 0.3) is 0 Å². The molecule has 0 amide bonds. The highest BCUT2D eigenvalue weighted by Crippen LogP contribution is 2.12. The van der Waals surface area contributed by atoms with E-state index in [2.05, 4.69) is 36.7 Å². The summed E-state index contributed by atoms with van der Waals surface area (Å²) in [4.78, 5) is 1.37. The van der Waals surface area contributed by atoms with Crippen molar-refractivity contribution in [1.29, 1.82) is 0 Å². The van der Waals surface area contributed by atoms with Gasteiger partial charge in [0.1, 0.15) is 0 Å². The third-order valence-electron chi connectivity index (χ3n) is 2.50. The Morgan fingerprint density at radius 2 is 2.38 bits per heavy atom. The summed E-state index contributed by atoms with van der Waals surface area (Å²) in [5.41, 5.74) is 5.79. The van der Waals surface area contributed by atoms with Crippen molar-refractivity contribution in [2.45, 2.75) is 32.4 Å². The summed E-state index contributed by atoms with van der Waals surface area (Å²) in [7, 11) is 0. The predicted octanol–water partition coefficient (Wildman–Crippen LogP) is 1.97. The Morgan fingerprint density at radius 3 is 2.85 bits per heavy atom. The zero-order chi connectivity index (χ0) is 9.73. The van der Waals surface area contributed by atoms with Crippen LogP contribution in [0.4, 0.5) is 0 Å². The van der Waals surface area contributed by atoms with Gasteiger partial charge in [-0.15, -0.1) is 11.3 Å². The monoisotopic (exact) mass is 198 g/mol. The van der Waals surface area contributed by atoms with Crippen molar-refractivity contribution in [3.63, 3.8) is 0 Å². The number of rotatable bonds is 5. The molecular formula is C10H18N2S. The molecule has 1 aromatic rings. The summed E-state index contributed by atoms with van der Waals surface area (Å²) in [6, 6.07) is 4.22. The Kier molecular flexibility index (Phi) is 3.90. The third kappa shape index (κ3) is 3.10. The van der Waals surface area contributed by atoms with Crippen LogP contribution in [0, 0.1) is 0 Å². The van der Waals surface area contributed by atoms with Crippen molar-refractivity contribution in [1.82, 2.24) is 5.32 Å². The Labute approximate surface area is 84.2 Å². The second-order valence-corrected chi connectivity index (χ2v) is 4.58. The number of hydrogen-bond acceptors (Lipinski definition) is 3. The quantitative estimate of drug-likeness (QED) is 0.759. The van der Waals surface area contributed by atoms with Crippen LogP contribution in [0.5, 0.6) is 0 Å². The molecule has 3 N–H and O–H groups in total. The second-order valence-electron chi connectivity index (χ2n) is 3.55. The molecule has 1 heterocycles. The van der Waals surface area contributed by atoms with E-state index in [9.17, 15) is 0 Å². The molecule has 1 atom stereocenters. The van der Waals surface area contributed by atoms with Crippen LogP contribution in [0.2, 0.25) is 0 Å². The molecule has 0 bridgehead atoms. The Balaban J connectivity index is 2.41. The maximum absolute atomic E-state index is 5.70. The first kappa shape index (κ1) is 10.7. The van der Waals surface area contributed by atoms with E-state index in [0.717, 1.165) is 13.0 Å². The summed E-state index contributed by atoms with van der Waals surface area (Å²) in [5, 5.41) is 5.58. The van der Waals surface area contributed by atoms with Gasteiger partial charge in [0.2, 0.25) is 0 Å². The van der Waals surface area contributed by atoms with Gasteiger partial charge in [0.25, 0.3) is 0 Å². The molecular weight excluding hydrogens is 180 g/mol. The summed E-state index contributed by atoms with van der Waals surface area (Å²) in [6.07, 6.45) is 1.06. The lowest BCUT2D eigenvalue weighted by Crippen LogP contribution is -2.47. The van der Waals surface area contributed by atoms with Crippen molar-refractivity contribution in [3.8, 4) is 0 Å². The summed E-state index contributed by atoms with van der Waals surface area (Å²) >= 11 is 1.78. The van der Waals surface area contributed by atoms with E-state index in [-0.39, 0.29) is 5.54 Å². The number of thiophene rings is 1. The fraction of sp³-hybridized carbons (Fsp3) is 0.600. The predicted molar refractivity (Wildman–Crippen MR) is 58.9 cm³/mol. The molecule has 2 nitrogen and oxygen atoms in total. The third-order valence-corrected chi connectivity index (χ3v) is 3.38. The van der Waals surface area contributed by atoms with E-state index in [4.69, 9.17) is 5.73 Å². The van der Waals surface area contributed by atoms with Gasteiger partial charge in [-0.3, -0.25) is 0 Å². The van der Waals surface area contributed by atoms with Crippen LogP contribution in [0.1, 0.15) is 25.1 Å². The van der Waals surface area contributed by atoms with Crippen molar-refractivity contribution in [2.75, 3.05) is 6.54 Å². The summed E-state index contributed by atoms with van der Waals surface area (Å²) in [5.74, 6) is 0. The molecule has 1 aromatic heterocycles. The van der Waals surface area contributed by atoms with Gasteiger partial charge in [-0.1, -0.05) is 13.0 Å². The summed E-state index contributed by atoms with van der Waals surface area (Å²) < 4.78 is 0. The van der Waals surface area contributed by atoms with Crippen LogP contribution >= 0.6 is 11.3 Å². The molecule has 1 unspecified atom stereocenters. The molecule has 1 rings (SSSR count). The van der Waals surface area contributed by atoms with Gasteiger partial charge in [0.15, 0.2) is 0 Å². The zero-order valence-electron chi connectivity index (χ0n) is 8.34. The lowest BCUT2D eigenvalue weighted by atomic mass is 9.99. The van der Waals surface area contributed by atoms with E-state index in [1.54, 1.807) is 11.3 Å². The van der Waals surface area contributed by atoms with Crippen LogP contribution in [0.15, 0.2) is 17.5 Å². The van der Waals surface area contributed by atoms with Crippen molar-refractivity contribution >= 4 is 11.3 Å². The van der Waals surface area contributed by atoms with E-state index in [0.29, 0.717) is 6.54 Å². The first-order valence-corrected chi connectivity index (χ1v) is 5.55. The van der Waals surface area contributed by atoms with Crippen LogP contribution < -0.4 is 11.1 Å². The summed E-state index contributed by atoms with van der Waals surface area (Å²) in [6.45, 7) is 5.95. The number of nitrogens with one attached hydrogen (secondary N) is 1. The minimum Gasteiger partial charge on any atom is -0.329 e. The van der Waals surface area contributed by atoms with Crippen molar-refractivity contribution in [3.05, 3.63) is 22.4 Å². The van der Waals surface area contributed by atoms with E-state index in [1.807, 2.05) is 0 Å². The van der Waals surface area contributed by atoms with Crippen LogP contribution in [0.3, 0.4) is 0 Å². The molecule has 0 radical (unpaired) electrons. The fourth-order valence-corrected chi connectivity index (χ4v) is 1.70. The standard InChI is InChI=1S/C10H18N2S/c1-3-10(2,8-11)12-7-9-5-4-6-13-9/h4-6,12H,3,7-8,11H2,1-2H3. The van der Waals surface area contributed by atoms with Crippen LogP contribution in [-0.2, 0) is 6.54 Å². The lowest BCUT2D eigenvalue weighted by molar-refractivity contribution is 0.351. The van der Waals surface area contributed by atoms with Gasteiger partial charge >= 0.3 is 0 Å². The molecule has 0 saturated heterocycles. The molecule has 74 valence electrons. The molecule has 0 fully saturated rings. The molecule has 0 saturated carbocycles. The van der Waals surface area contributed by atoms with Gasteiger partial charge < -0.3 is 11.1 Å². The maximum Gasteiger partial charge on any atom is 0.0305 e. The first-order valence-electron chi connectivity index (χ1n) is 4.67. The highest BCUT2D eigenvalue weighted by Gasteiger charge is 2.18. The molecule has 13 heavy (non-hydrogen) atoms. The van der Waals surface area contributed by atoms with Crippen molar-refractivity contribution < 1.29 is 0 Å².